The highest BCUT2D eigenvalue weighted by atomic mass is 79.9. The van der Waals surface area contributed by atoms with Gasteiger partial charge in [0.2, 0.25) is 10.0 Å². The van der Waals surface area contributed by atoms with Gasteiger partial charge in [-0.15, -0.1) is 0 Å². The molecule has 1 aromatic rings. The average Bonchev–Trinajstić information content (AvgIpc) is 2.43. The molecule has 0 radical (unpaired) electrons. The molecular formula is C14H21BrN2O2S. The molecule has 1 aromatic carbocycles. The molecule has 0 amide bonds. The summed E-state index contributed by atoms with van der Waals surface area (Å²) in [5.74, 6) is 0. The van der Waals surface area contributed by atoms with Crippen LogP contribution in [-0.2, 0) is 10.0 Å². The Morgan fingerprint density at radius 3 is 2.80 bits per heavy atom. The van der Waals surface area contributed by atoms with Crippen molar-refractivity contribution in [3.05, 3.63) is 28.2 Å². The molecule has 112 valence electrons. The van der Waals surface area contributed by atoms with E-state index >= 15 is 0 Å². The molecule has 1 unspecified atom stereocenters. The van der Waals surface area contributed by atoms with Crippen molar-refractivity contribution in [2.24, 2.45) is 0 Å². The number of piperidine rings is 1. The summed E-state index contributed by atoms with van der Waals surface area (Å²) in [6.45, 7) is 5.95. The highest BCUT2D eigenvalue weighted by molar-refractivity contribution is 9.10. The molecule has 0 bridgehead atoms. The topological polar surface area (TPSA) is 49.4 Å². The second-order valence-corrected chi connectivity index (χ2v) is 7.89. The van der Waals surface area contributed by atoms with Gasteiger partial charge in [-0.05, 0) is 44.0 Å². The van der Waals surface area contributed by atoms with Crippen LogP contribution in [0.3, 0.4) is 0 Å². The van der Waals surface area contributed by atoms with Crippen molar-refractivity contribution in [1.82, 2.24) is 9.62 Å². The lowest BCUT2D eigenvalue weighted by Crippen LogP contribution is -2.48. The van der Waals surface area contributed by atoms with Crippen LogP contribution in [0.15, 0.2) is 27.6 Å². The van der Waals surface area contributed by atoms with Gasteiger partial charge in [-0.25, -0.2) is 8.42 Å². The molecule has 1 aliphatic heterocycles. The van der Waals surface area contributed by atoms with E-state index in [-0.39, 0.29) is 6.04 Å². The van der Waals surface area contributed by atoms with E-state index in [0.717, 1.165) is 36.0 Å². The van der Waals surface area contributed by atoms with E-state index in [1.807, 2.05) is 26.0 Å². The van der Waals surface area contributed by atoms with Gasteiger partial charge < -0.3 is 5.32 Å². The Labute approximate surface area is 129 Å². The minimum Gasteiger partial charge on any atom is -0.315 e. The third-order valence-corrected chi connectivity index (χ3v) is 6.39. The molecule has 6 heteroatoms. The molecule has 4 nitrogen and oxygen atoms in total. The van der Waals surface area contributed by atoms with E-state index in [0.29, 0.717) is 11.4 Å². The van der Waals surface area contributed by atoms with Gasteiger partial charge in [0, 0.05) is 23.6 Å². The maximum absolute atomic E-state index is 12.9. The van der Waals surface area contributed by atoms with Crippen LogP contribution >= 0.6 is 15.9 Å². The second kappa shape index (κ2) is 6.56. The van der Waals surface area contributed by atoms with Crippen LogP contribution < -0.4 is 5.32 Å². The summed E-state index contributed by atoms with van der Waals surface area (Å²) >= 11 is 3.36. The highest BCUT2D eigenvalue weighted by Crippen LogP contribution is 2.26. The Morgan fingerprint density at radius 1 is 1.45 bits per heavy atom. The van der Waals surface area contributed by atoms with Crippen molar-refractivity contribution in [3.63, 3.8) is 0 Å². The summed E-state index contributed by atoms with van der Waals surface area (Å²) in [6.07, 6.45) is 1.95. The molecule has 0 spiro atoms. The molecule has 20 heavy (non-hydrogen) atoms. The van der Waals surface area contributed by atoms with Crippen molar-refractivity contribution in [1.29, 1.82) is 0 Å². The summed E-state index contributed by atoms with van der Waals surface area (Å²) in [7, 11) is -3.44. The van der Waals surface area contributed by atoms with Crippen LogP contribution in [0.5, 0.6) is 0 Å². The van der Waals surface area contributed by atoms with Gasteiger partial charge in [-0.2, -0.15) is 4.31 Å². The van der Waals surface area contributed by atoms with Gasteiger partial charge in [0.25, 0.3) is 0 Å². The highest BCUT2D eigenvalue weighted by Gasteiger charge is 2.32. The molecule has 1 N–H and O–H groups in total. The van der Waals surface area contributed by atoms with Crippen LogP contribution in [0.4, 0.5) is 0 Å². The number of sulfonamides is 1. The first kappa shape index (κ1) is 15.9. The van der Waals surface area contributed by atoms with Gasteiger partial charge >= 0.3 is 0 Å². The molecular weight excluding hydrogens is 340 g/mol. The Kier molecular flexibility index (Phi) is 5.23. The summed E-state index contributed by atoms with van der Waals surface area (Å²) < 4.78 is 28.3. The molecule has 1 aliphatic rings. The predicted octanol–water partition coefficient (Wildman–Crippen LogP) is 2.52. The van der Waals surface area contributed by atoms with Gasteiger partial charge in [0.05, 0.1) is 4.90 Å². The quantitative estimate of drug-likeness (QED) is 0.897. The Balaban J connectivity index is 2.38. The summed E-state index contributed by atoms with van der Waals surface area (Å²) in [5, 5.41) is 3.28. The molecule has 1 fully saturated rings. The first-order valence-electron chi connectivity index (χ1n) is 6.95. The normalized spacial score (nSPS) is 20.3. The van der Waals surface area contributed by atoms with Crippen LogP contribution in [0, 0.1) is 6.92 Å². The summed E-state index contributed by atoms with van der Waals surface area (Å²) in [6, 6.07) is 5.46. The van der Waals surface area contributed by atoms with Crippen molar-refractivity contribution < 1.29 is 8.42 Å². The van der Waals surface area contributed by atoms with Crippen molar-refractivity contribution in [2.75, 3.05) is 19.6 Å². The lowest BCUT2D eigenvalue weighted by atomic mass is 10.1. The fourth-order valence-electron chi connectivity index (χ4n) is 2.68. The molecule has 0 aliphatic carbocycles. The number of nitrogens with one attached hydrogen (secondary N) is 1. The van der Waals surface area contributed by atoms with Crippen LogP contribution in [0.1, 0.15) is 25.3 Å². The van der Waals surface area contributed by atoms with Crippen molar-refractivity contribution in [2.45, 2.75) is 37.6 Å². The van der Waals surface area contributed by atoms with Crippen LogP contribution in [0.2, 0.25) is 0 Å². The van der Waals surface area contributed by atoms with Crippen LogP contribution in [-0.4, -0.2) is 38.4 Å². The molecule has 0 saturated carbocycles. The number of likely N-dealkylation sites (N-methyl/N-ethyl adjacent to an activating group) is 1. The first-order valence-corrected chi connectivity index (χ1v) is 9.19. The number of aryl methyl sites for hydroxylation is 1. The smallest absolute Gasteiger partial charge is 0.243 e. The molecule has 1 saturated heterocycles. The Morgan fingerprint density at radius 2 is 2.20 bits per heavy atom. The molecule has 1 atom stereocenters. The molecule has 0 aromatic heterocycles. The SMILES string of the molecule is CCN(C1CCCNC1)S(=O)(=O)c1cc(Br)ccc1C. The number of hydrogen-bond acceptors (Lipinski definition) is 3. The zero-order valence-electron chi connectivity index (χ0n) is 11.9. The largest absolute Gasteiger partial charge is 0.315 e. The third kappa shape index (κ3) is 3.24. The van der Waals surface area contributed by atoms with Crippen LogP contribution in [0.25, 0.3) is 0 Å². The van der Waals surface area contributed by atoms with E-state index in [1.165, 1.54) is 0 Å². The first-order chi connectivity index (χ1) is 9.46. The van der Waals surface area contributed by atoms with E-state index in [4.69, 9.17) is 0 Å². The number of benzene rings is 1. The minimum atomic E-state index is -3.44. The van der Waals surface area contributed by atoms with Gasteiger partial charge in [0.1, 0.15) is 0 Å². The maximum atomic E-state index is 12.9. The zero-order chi connectivity index (χ0) is 14.8. The monoisotopic (exact) mass is 360 g/mol. The lowest BCUT2D eigenvalue weighted by Gasteiger charge is -2.33. The Bertz CT molecular complexity index is 569. The van der Waals surface area contributed by atoms with Gasteiger partial charge in [0.15, 0.2) is 0 Å². The molecule has 2 rings (SSSR count). The minimum absolute atomic E-state index is 0.0529. The average molecular weight is 361 g/mol. The summed E-state index contributed by atoms with van der Waals surface area (Å²) in [5.41, 5.74) is 0.787. The van der Waals surface area contributed by atoms with E-state index < -0.39 is 10.0 Å². The summed E-state index contributed by atoms with van der Waals surface area (Å²) in [4.78, 5) is 0.402. The Hall–Kier alpha value is -0.430. The lowest BCUT2D eigenvalue weighted by molar-refractivity contribution is 0.274. The fourth-order valence-corrected chi connectivity index (χ4v) is 5.11. The number of hydrogen-bond donors (Lipinski definition) is 1. The fraction of sp³-hybridized carbons (Fsp3) is 0.571. The van der Waals surface area contributed by atoms with Crippen molar-refractivity contribution >= 4 is 26.0 Å². The number of rotatable bonds is 4. The van der Waals surface area contributed by atoms with E-state index in [2.05, 4.69) is 21.2 Å². The number of halogens is 1. The standard InChI is InChI=1S/C14H21BrN2O2S/c1-3-17(13-5-4-8-16-10-13)20(18,19)14-9-12(15)7-6-11(14)2/h6-7,9,13,16H,3-5,8,10H2,1-2H3. The van der Waals surface area contributed by atoms with Gasteiger partial charge in [-0.3, -0.25) is 0 Å². The third-order valence-electron chi connectivity index (χ3n) is 3.73. The predicted molar refractivity (Wildman–Crippen MR) is 84.3 cm³/mol. The zero-order valence-corrected chi connectivity index (χ0v) is 14.3. The maximum Gasteiger partial charge on any atom is 0.243 e. The number of nitrogens with zero attached hydrogens (tertiary/aromatic N) is 1. The van der Waals surface area contributed by atoms with Crippen molar-refractivity contribution in [3.8, 4) is 0 Å². The molecule has 1 heterocycles. The van der Waals surface area contributed by atoms with E-state index in [9.17, 15) is 8.42 Å². The van der Waals surface area contributed by atoms with Gasteiger partial charge in [-0.1, -0.05) is 28.9 Å². The van der Waals surface area contributed by atoms with E-state index in [1.54, 1.807) is 10.4 Å². The second-order valence-electron chi connectivity index (χ2n) is 5.12.